The number of benzene rings is 1. The molecule has 0 saturated carbocycles. The molecule has 138 valence electrons. The number of unbranched alkanes of at least 4 members (excludes halogenated alkanes) is 2. The van der Waals surface area contributed by atoms with Gasteiger partial charge in [0.1, 0.15) is 5.75 Å². The highest BCUT2D eigenvalue weighted by atomic mass is 16.5. The Morgan fingerprint density at radius 3 is 2.56 bits per heavy atom. The molecule has 3 nitrogen and oxygen atoms in total. The van der Waals surface area contributed by atoms with Crippen LogP contribution in [0.25, 0.3) is 5.57 Å². The van der Waals surface area contributed by atoms with E-state index < -0.39 is 6.10 Å². The van der Waals surface area contributed by atoms with Crippen LogP contribution in [0.3, 0.4) is 0 Å². The van der Waals surface area contributed by atoms with Crippen molar-refractivity contribution >= 4 is 11.5 Å². The summed E-state index contributed by atoms with van der Waals surface area (Å²) in [6.07, 6.45) is 11.9. The fraction of sp³-hybridized carbons (Fsp3) is 0.591. The first-order chi connectivity index (χ1) is 12.2. The Hall–Kier alpha value is -1.77. The van der Waals surface area contributed by atoms with Crippen LogP contribution in [0.2, 0.25) is 0 Å². The molecule has 1 aromatic carbocycles. The second-order valence-corrected chi connectivity index (χ2v) is 6.89. The van der Waals surface area contributed by atoms with Crippen molar-refractivity contribution < 1.29 is 9.53 Å². The van der Waals surface area contributed by atoms with Crippen LogP contribution < -0.4 is 10.1 Å². The van der Waals surface area contributed by atoms with Gasteiger partial charge in [0.05, 0.1) is 0 Å². The minimum absolute atomic E-state index is 0.0111. The zero-order valence-electron chi connectivity index (χ0n) is 15.9. The van der Waals surface area contributed by atoms with E-state index in [0.29, 0.717) is 6.54 Å². The molecule has 25 heavy (non-hydrogen) atoms. The zero-order chi connectivity index (χ0) is 17.9. The van der Waals surface area contributed by atoms with E-state index in [9.17, 15) is 4.79 Å². The fourth-order valence-corrected chi connectivity index (χ4v) is 3.20. The third-order valence-corrected chi connectivity index (χ3v) is 4.71. The van der Waals surface area contributed by atoms with E-state index in [-0.39, 0.29) is 5.91 Å². The van der Waals surface area contributed by atoms with Crippen molar-refractivity contribution in [2.45, 2.75) is 77.7 Å². The first kappa shape index (κ1) is 19.6. The number of rotatable bonds is 10. The highest BCUT2D eigenvalue weighted by Gasteiger charge is 2.19. The van der Waals surface area contributed by atoms with E-state index >= 15 is 0 Å². The second-order valence-electron chi connectivity index (χ2n) is 6.89. The van der Waals surface area contributed by atoms with Crippen LogP contribution in [0.5, 0.6) is 5.75 Å². The lowest BCUT2D eigenvalue weighted by Crippen LogP contribution is -2.38. The number of nitrogens with one attached hydrogen (secondary N) is 1. The van der Waals surface area contributed by atoms with Gasteiger partial charge in [-0.25, -0.2) is 0 Å². The van der Waals surface area contributed by atoms with Gasteiger partial charge in [0.15, 0.2) is 6.10 Å². The molecule has 3 heteroatoms. The summed E-state index contributed by atoms with van der Waals surface area (Å²) in [5.41, 5.74) is 2.73. The fourth-order valence-electron chi connectivity index (χ4n) is 3.20. The predicted molar refractivity (Wildman–Crippen MR) is 105 cm³/mol. The Balaban J connectivity index is 1.98. The Morgan fingerprint density at radius 2 is 1.92 bits per heavy atom. The quantitative estimate of drug-likeness (QED) is 0.570. The summed E-state index contributed by atoms with van der Waals surface area (Å²) in [4.78, 5) is 12.4. The van der Waals surface area contributed by atoms with Crippen molar-refractivity contribution in [1.29, 1.82) is 0 Å². The maximum Gasteiger partial charge on any atom is 0.261 e. The molecule has 1 aromatic rings. The first-order valence-electron chi connectivity index (χ1n) is 9.98. The number of carbonyl (C=O) groups excluding carboxylic acids is 1. The zero-order valence-corrected chi connectivity index (χ0v) is 15.9. The van der Waals surface area contributed by atoms with Crippen LogP contribution in [0.1, 0.15) is 77.2 Å². The van der Waals surface area contributed by atoms with E-state index in [2.05, 4.69) is 37.4 Å². The average Bonchev–Trinajstić information content (AvgIpc) is 2.66. The number of ether oxygens (including phenoxy) is 1. The van der Waals surface area contributed by atoms with Gasteiger partial charge in [0.25, 0.3) is 5.91 Å². The molecule has 2 rings (SSSR count). The lowest BCUT2D eigenvalue weighted by molar-refractivity contribution is -0.128. The summed E-state index contributed by atoms with van der Waals surface area (Å²) in [6, 6.07) is 8.26. The summed E-state index contributed by atoms with van der Waals surface area (Å²) in [7, 11) is 0. The van der Waals surface area contributed by atoms with E-state index in [1.54, 1.807) is 0 Å². The topological polar surface area (TPSA) is 38.3 Å². The van der Waals surface area contributed by atoms with Crippen molar-refractivity contribution in [1.82, 2.24) is 5.32 Å². The maximum atomic E-state index is 12.4. The van der Waals surface area contributed by atoms with Gasteiger partial charge in [-0.2, -0.15) is 0 Å². The smallest absolute Gasteiger partial charge is 0.261 e. The lowest BCUT2D eigenvalue weighted by atomic mass is 9.94. The van der Waals surface area contributed by atoms with Gasteiger partial charge in [-0.3, -0.25) is 4.79 Å². The molecule has 1 aliphatic carbocycles. The van der Waals surface area contributed by atoms with Gasteiger partial charge in [0.2, 0.25) is 0 Å². The number of amides is 1. The Morgan fingerprint density at radius 1 is 1.12 bits per heavy atom. The van der Waals surface area contributed by atoms with Gasteiger partial charge in [-0.1, -0.05) is 44.9 Å². The third-order valence-electron chi connectivity index (χ3n) is 4.71. The number of hydrogen-bond donors (Lipinski definition) is 1. The normalized spacial score (nSPS) is 15.4. The monoisotopic (exact) mass is 343 g/mol. The van der Waals surface area contributed by atoms with Crippen molar-refractivity contribution in [3.63, 3.8) is 0 Å². The number of carbonyl (C=O) groups is 1. The summed E-state index contributed by atoms with van der Waals surface area (Å²) < 4.78 is 6.03. The summed E-state index contributed by atoms with van der Waals surface area (Å²) in [6.45, 7) is 4.94. The predicted octanol–water partition coefficient (Wildman–Crippen LogP) is 5.50. The van der Waals surface area contributed by atoms with Crippen LogP contribution in [-0.2, 0) is 4.79 Å². The Kier molecular flexibility index (Phi) is 8.58. The highest BCUT2D eigenvalue weighted by molar-refractivity contribution is 5.81. The maximum absolute atomic E-state index is 12.4. The molecule has 0 aromatic heterocycles. The molecule has 0 heterocycles. The Labute approximate surface area is 152 Å². The van der Waals surface area contributed by atoms with E-state index in [4.69, 9.17) is 4.74 Å². The van der Waals surface area contributed by atoms with Crippen molar-refractivity contribution in [3.8, 4) is 5.75 Å². The highest BCUT2D eigenvalue weighted by Crippen LogP contribution is 2.28. The first-order valence-corrected chi connectivity index (χ1v) is 9.98. The molecule has 0 fully saturated rings. The number of hydrogen-bond acceptors (Lipinski definition) is 2. The molecule has 1 N–H and O–H groups in total. The van der Waals surface area contributed by atoms with Gasteiger partial charge in [-0.15, -0.1) is 0 Å². The number of allylic oxidation sites excluding steroid dienone is 2. The average molecular weight is 344 g/mol. The summed E-state index contributed by atoms with van der Waals surface area (Å²) in [5.74, 6) is 0.797. The second kappa shape index (κ2) is 11.0. The molecule has 0 spiro atoms. The van der Waals surface area contributed by atoms with Gasteiger partial charge in [0, 0.05) is 6.54 Å². The van der Waals surface area contributed by atoms with Crippen molar-refractivity contribution in [2.24, 2.45) is 0 Å². The minimum Gasteiger partial charge on any atom is -0.481 e. The summed E-state index contributed by atoms with van der Waals surface area (Å²) >= 11 is 0. The summed E-state index contributed by atoms with van der Waals surface area (Å²) in [5, 5.41) is 2.97. The molecule has 1 aliphatic rings. The minimum atomic E-state index is -0.391. The van der Waals surface area contributed by atoms with Crippen LogP contribution in [0, 0.1) is 0 Å². The van der Waals surface area contributed by atoms with Crippen LogP contribution in [0.15, 0.2) is 30.3 Å². The van der Waals surface area contributed by atoms with Gasteiger partial charge >= 0.3 is 0 Å². The van der Waals surface area contributed by atoms with E-state index in [1.807, 2.05) is 12.1 Å². The van der Waals surface area contributed by atoms with Crippen LogP contribution >= 0.6 is 0 Å². The standard InChI is InChI=1S/C22H33NO2/c1-3-5-7-12-21(22(24)23-17-4-2)25-20-15-13-19(14-16-20)18-10-8-6-9-11-18/h10,13-16,21H,3-9,11-12,17H2,1-2H3,(H,23,24). The molecule has 0 bridgehead atoms. The van der Waals surface area contributed by atoms with Gasteiger partial charge < -0.3 is 10.1 Å². The molecule has 0 aliphatic heterocycles. The third kappa shape index (κ3) is 6.56. The van der Waals surface area contributed by atoms with Crippen molar-refractivity contribution in [3.05, 3.63) is 35.9 Å². The Bertz CT molecular complexity index is 548. The molecular weight excluding hydrogens is 310 g/mol. The molecule has 1 atom stereocenters. The molecule has 0 saturated heterocycles. The molecule has 1 unspecified atom stereocenters. The SMILES string of the molecule is CCCCCC(Oc1ccc(C2=CCCCC2)cc1)C(=O)NCCC. The van der Waals surface area contributed by atoms with Crippen LogP contribution in [0.4, 0.5) is 0 Å². The largest absolute Gasteiger partial charge is 0.481 e. The molecule has 1 amide bonds. The molecule has 0 radical (unpaired) electrons. The van der Waals surface area contributed by atoms with Crippen molar-refractivity contribution in [2.75, 3.05) is 6.54 Å². The van der Waals surface area contributed by atoms with E-state index in [1.165, 1.54) is 36.8 Å². The van der Waals surface area contributed by atoms with E-state index in [0.717, 1.165) is 37.9 Å². The molecular formula is C22H33NO2. The van der Waals surface area contributed by atoms with Crippen LogP contribution in [-0.4, -0.2) is 18.6 Å². The lowest BCUT2D eigenvalue weighted by Gasteiger charge is -2.19. The van der Waals surface area contributed by atoms with Gasteiger partial charge in [-0.05, 0) is 68.2 Å².